The van der Waals surface area contributed by atoms with Crippen LogP contribution in [0.25, 0.3) is 11.2 Å². The topological polar surface area (TPSA) is 106 Å². The minimum absolute atomic E-state index is 0.144. The molecule has 1 N–H and O–H groups in total. The number of benzene rings is 1. The second-order valence-electron chi connectivity index (χ2n) is 5.85. The average molecular weight is 350 g/mol. The summed E-state index contributed by atoms with van der Waals surface area (Å²) in [6.07, 6.45) is 2.04. The number of rotatable bonds is 6. The Morgan fingerprint density at radius 1 is 1.31 bits per heavy atom. The highest BCUT2D eigenvalue weighted by molar-refractivity contribution is 5.91. The highest BCUT2D eigenvalue weighted by Gasteiger charge is 2.15. The quantitative estimate of drug-likeness (QED) is 0.683. The first-order chi connectivity index (χ1) is 12.6. The van der Waals surface area contributed by atoms with Crippen molar-refractivity contribution in [3.63, 3.8) is 0 Å². The number of ether oxygens (including phenoxy) is 1. The number of hydrogen-bond donors (Lipinski definition) is 1. The van der Waals surface area contributed by atoms with Gasteiger partial charge in [0, 0.05) is 7.05 Å². The standard InChI is InChI=1S/C18H18N6O2/c1-12-4-6-13(7-5-12)10-14(25)21-18-22-16-15(20-11-24(16)2)17(23-18)26-9-3-8-19/h4-7,11H,3,9-10H2,1-2H3,(H,21,22,23,25). The van der Waals surface area contributed by atoms with Crippen molar-refractivity contribution >= 4 is 23.0 Å². The van der Waals surface area contributed by atoms with Crippen LogP contribution >= 0.6 is 0 Å². The maximum Gasteiger partial charge on any atom is 0.247 e. The second kappa shape index (κ2) is 7.61. The fourth-order valence-electron chi connectivity index (χ4n) is 2.39. The predicted molar refractivity (Wildman–Crippen MR) is 95.5 cm³/mol. The number of carbonyl (C=O) groups excluding carboxylic acids is 1. The van der Waals surface area contributed by atoms with Gasteiger partial charge in [0.1, 0.15) is 6.61 Å². The van der Waals surface area contributed by atoms with Crippen molar-refractivity contribution in [2.45, 2.75) is 19.8 Å². The summed E-state index contributed by atoms with van der Waals surface area (Å²) in [7, 11) is 1.79. The molecule has 0 radical (unpaired) electrons. The zero-order valence-corrected chi connectivity index (χ0v) is 14.6. The number of hydrogen-bond acceptors (Lipinski definition) is 6. The fourth-order valence-corrected chi connectivity index (χ4v) is 2.39. The third-order valence-corrected chi connectivity index (χ3v) is 3.72. The number of aromatic nitrogens is 4. The van der Waals surface area contributed by atoms with Gasteiger partial charge in [0.2, 0.25) is 17.7 Å². The van der Waals surface area contributed by atoms with E-state index in [9.17, 15) is 4.79 Å². The molecule has 0 atom stereocenters. The Balaban J connectivity index is 1.80. The molecule has 0 unspecified atom stereocenters. The minimum atomic E-state index is -0.224. The number of imidazole rings is 1. The molecule has 1 amide bonds. The normalized spacial score (nSPS) is 10.5. The van der Waals surface area contributed by atoms with E-state index in [1.165, 1.54) is 0 Å². The number of amides is 1. The smallest absolute Gasteiger partial charge is 0.247 e. The van der Waals surface area contributed by atoms with Crippen molar-refractivity contribution in [3.05, 3.63) is 41.7 Å². The lowest BCUT2D eigenvalue weighted by Crippen LogP contribution is -2.17. The van der Waals surface area contributed by atoms with Crippen LogP contribution in [0.2, 0.25) is 0 Å². The molecule has 2 heterocycles. The van der Waals surface area contributed by atoms with Gasteiger partial charge in [-0.05, 0) is 12.5 Å². The number of aryl methyl sites for hydroxylation is 2. The van der Waals surface area contributed by atoms with Crippen molar-refractivity contribution < 1.29 is 9.53 Å². The molecule has 0 aliphatic heterocycles. The number of anilines is 1. The first-order valence-electron chi connectivity index (χ1n) is 8.11. The number of fused-ring (bicyclic) bond motifs is 1. The zero-order chi connectivity index (χ0) is 18.5. The molecule has 0 aliphatic carbocycles. The molecule has 26 heavy (non-hydrogen) atoms. The predicted octanol–water partition coefficient (Wildman–Crippen LogP) is 2.15. The summed E-state index contributed by atoms with van der Waals surface area (Å²) in [5, 5.41) is 11.4. The van der Waals surface area contributed by atoms with Crippen molar-refractivity contribution in [1.82, 2.24) is 19.5 Å². The largest absolute Gasteiger partial charge is 0.475 e. The summed E-state index contributed by atoms with van der Waals surface area (Å²) in [6, 6.07) is 9.75. The highest BCUT2D eigenvalue weighted by atomic mass is 16.5. The van der Waals surface area contributed by atoms with Gasteiger partial charge in [-0.1, -0.05) is 29.8 Å². The lowest BCUT2D eigenvalue weighted by Gasteiger charge is -2.08. The van der Waals surface area contributed by atoms with Crippen LogP contribution in [0.1, 0.15) is 17.5 Å². The van der Waals surface area contributed by atoms with E-state index in [0.717, 1.165) is 11.1 Å². The highest BCUT2D eigenvalue weighted by Crippen LogP contribution is 2.22. The van der Waals surface area contributed by atoms with Crippen LogP contribution in [0.5, 0.6) is 5.88 Å². The van der Waals surface area contributed by atoms with Crippen LogP contribution in [-0.4, -0.2) is 32.0 Å². The number of nitrogens with zero attached hydrogens (tertiary/aromatic N) is 5. The molecule has 132 valence electrons. The molecule has 0 bridgehead atoms. The van der Waals surface area contributed by atoms with Crippen LogP contribution in [0, 0.1) is 18.3 Å². The molecule has 0 spiro atoms. The van der Waals surface area contributed by atoms with E-state index >= 15 is 0 Å². The summed E-state index contributed by atoms with van der Waals surface area (Å²) in [5.74, 6) is 0.167. The molecule has 3 aromatic rings. The number of nitrogens with one attached hydrogen (secondary N) is 1. The van der Waals surface area contributed by atoms with E-state index < -0.39 is 0 Å². The van der Waals surface area contributed by atoms with Crippen LogP contribution in [0.3, 0.4) is 0 Å². The molecular weight excluding hydrogens is 332 g/mol. The molecule has 8 nitrogen and oxygen atoms in total. The van der Waals surface area contributed by atoms with Crippen molar-refractivity contribution in [3.8, 4) is 11.9 Å². The third-order valence-electron chi connectivity index (χ3n) is 3.72. The van der Waals surface area contributed by atoms with Gasteiger partial charge in [0.05, 0.1) is 25.2 Å². The summed E-state index contributed by atoms with van der Waals surface area (Å²) in [5.41, 5.74) is 3.07. The van der Waals surface area contributed by atoms with E-state index in [0.29, 0.717) is 11.2 Å². The van der Waals surface area contributed by atoms with Gasteiger partial charge in [-0.25, -0.2) is 4.98 Å². The summed E-state index contributed by atoms with van der Waals surface area (Å²) >= 11 is 0. The van der Waals surface area contributed by atoms with Crippen molar-refractivity contribution in [2.75, 3.05) is 11.9 Å². The molecule has 0 saturated carbocycles. The monoisotopic (exact) mass is 350 g/mol. The Labute approximate surface area is 150 Å². The molecular formula is C18H18N6O2. The summed E-state index contributed by atoms with van der Waals surface area (Å²) in [6.45, 7) is 2.19. The number of nitriles is 1. The Kier molecular flexibility index (Phi) is 5.08. The van der Waals surface area contributed by atoms with Gasteiger partial charge in [-0.15, -0.1) is 0 Å². The SMILES string of the molecule is Cc1ccc(CC(=O)Nc2nc(OCCC#N)c3ncn(C)c3n2)cc1. The maximum absolute atomic E-state index is 12.3. The molecule has 8 heteroatoms. The van der Waals surface area contributed by atoms with Gasteiger partial charge >= 0.3 is 0 Å². The molecule has 1 aromatic carbocycles. The first-order valence-corrected chi connectivity index (χ1v) is 8.11. The van der Waals surface area contributed by atoms with E-state index in [2.05, 4.69) is 20.3 Å². The lowest BCUT2D eigenvalue weighted by molar-refractivity contribution is -0.115. The minimum Gasteiger partial charge on any atom is -0.475 e. The van der Waals surface area contributed by atoms with E-state index in [1.54, 1.807) is 17.9 Å². The van der Waals surface area contributed by atoms with Gasteiger partial charge in [-0.2, -0.15) is 15.2 Å². The van der Waals surface area contributed by atoms with Crippen LogP contribution < -0.4 is 10.1 Å². The molecule has 2 aromatic heterocycles. The van der Waals surface area contributed by atoms with Crippen LogP contribution in [0.4, 0.5) is 5.95 Å². The summed E-state index contributed by atoms with van der Waals surface area (Å²) in [4.78, 5) is 25.1. The Morgan fingerprint density at radius 2 is 2.08 bits per heavy atom. The third kappa shape index (κ3) is 3.95. The zero-order valence-electron chi connectivity index (χ0n) is 14.6. The Bertz CT molecular complexity index is 972. The maximum atomic E-state index is 12.3. The first kappa shape index (κ1) is 17.4. The summed E-state index contributed by atoms with van der Waals surface area (Å²) < 4.78 is 7.24. The van der Waals surface area contributed by atoms with Gasteiger partial charge in [0.25, 0.3) is 0 Å². The van der Waals surface area contributed by atoms with E-state index in [-0.39, 0.29) is 37.2 Å². The Hall–Kier alpha value is -3.47. The van der Waals surface area contributed by atoms with E-state index in [1.807, 2.05) is 37.3 Å². The molecule has 0 fully saturated rings. The van der Waals surface area contributed by atoms with Gasteiger partial charge in [0.15, 0.2) is 11.2 Å². The van der Waals surface area contributed by atoms with Crippen molar-refractivity contribution in [2.24, 2.45) is 7.05 Å². The number of carbonyl (C=O) groups is 1. The van der Waals surface area contributed by atoms with Gasteiger partial charge < -0.3 is 9.30 Å². The average Bonchev–Trinajstić information content (AvgIpc) is 2.98. The lowest BCUT2D eigenvalue weighted by atomic mass is 10.1. The molecule has 0 saturated heterocycles. The Morgan fingerprint density at radius 3 is 2.81 bits per heavy atom. The second-order valence-corrected chi connectivity index (χ2v) is 5.85. The fraction of sp³-hybridized carbons (Fsp3) is 0.278. The van der Waals surface area contributed by atoms with E-state index in [4.69, 9.17) is 10.00 Å². The van der Waals surface area contributed by atoms with Crippen LogP contribution in [-0.2, 0) is 18.3 Å². The van der Waals surface area contributed by atoms with Gasteiger partial charge in [-0.3, -0.25) is 10.1 Å². The molecule has 3 rings (SSSR count). The molecule has 0 aliphatic rings. The van der Waals surface area contributed by atoms with Crippen LogP contribution in [0.15, 0.2) is 30.6 Å². The van der Waals surface area contributed by atoms with Crippen molar-refractivity contribution in [1.29, 1.82) is 5.26 Å².